The Kier molecular flexibility index (Phi) is 4.36. The topological polar surface area (TPSA) is 50.4 Å². The number of carbonyl (C=O) groups excluding carboxylic acids is 1. The van der Waals surface area contributed by atoms with E-state index < -0.39 is 0 Å². The molecule has 1 aliphatic rings. The van der Waals surface area contributed by atoms with Gasteiger partial charge in [0.2, 0.25) is 5.91 Å². The maximum Gasteiger partial charge on any atom is 0.238 e. The second kappa shape index (κ2) is 6.21. The molecule has 0 radical (unpaired) electrons. The van der Waals surface area contributed by atoms with Gasteiger partial charge in [0.25, 0.3) is 0 Å². The molecule has 1 aromatic rings. The van der Waals surface area contributed by atoms with Crippen molar-refractivity contribution in [2.45, 2.75) is 18.9 Å². The first-order valence-electron chi connectivity index (χ1n) is 6.10. The minimum Gasteiger partial charge on any atom is -0.497 e. The van der Waals surface area contributed by atoms with E-state index in [1.165, 1.54) is 0 Å². The fourth-order valence-corrected chi connectivity index (χ4v) is 1.93. The Morgan fingerprint density at radius 1 is 1.39 bits per heavy atom. The third-order valence-electron chi connectivity index (χ3n) is 2.91. The zero-order valence-corrected chi connectivity index (χ0v) is 10.5. The molecule has 0 saturated heterocycles. The fraction of sp³-hybridized carbons (Fsp3) is 0.357. The van der Waals surface area contributed by atoms with Gasteiger partial charge < -0.3 is 15.4 Å². The number of benzene rings is 1. The van der Waals surface area contributed by atoms with Gasteiger partial charge in [0.15, 0.2) is 0 Å². The van der Waals surface area contributed by atoms with E-state index in [0.717, 1.165) is 24.3 Å². The van der Waals surface area contributed by atoms with Crippen LogP contribution in [0.5, 0.6) is 5.75 Å². The first kappa shape index (κ1) is 12.6. The smallest absolute Gasteiger partial charge is 0.238 e. The second-order valence-corrected chi connectivity index (χ2v) is 4.30. The minimum atomic E-state index is -0.0323. The molecule has 2 rings (SSSR count). The fourth-order valence-electron chi connectivity index (χ4n) is 1.93. The number of carbonyl (C=O) groups is 1. The Morgan fingerprint density at radius 3 is 2.89 bits per heavy atom. The van der Waals surface area contributed by atoms with Gasteiger partial charge in [0, 0.05) is 17.8 Å². The van der Waals surface area contributed by atoms with E-state index in [2.05, 4.69) is 22.8 Å². The number of anilines is 1. The van der Waals surface area contributed by atoms with Gasteiger partial charge in [-0.05, 0) is 25.0 Å². The number of nitrogens with one attached hydrogen (secondary N) is 2. The standard InChI is InChI=1S/C14H18N2O2/c1-18-13-8-4-7-12(9-13)16-14(17)10-15-11-5-2-3-6-11/h2-4,7-9,11,15H,5-6,10H2,1H3,(H,16,17). The monoisotopic (exact) mass is 246 g/mol. The van der Waals surface area contributed by atoms with Gasteiger partial charge >= 0.3 is 0 Å². The van der Waals surface area contributed by atoms with E-state index >= 15 is 0 Å². The van der Waals surface area contributed by atoms with Crippen LogP contribution in [0.25, 0.3) is 0 Å². The highest BCUT2D eigenvalue weighted by molar-refractivity contribution is 5.92. The molecular weight excluding hydrogens is 228 g/mol. The molecule has 1 amide bonds. The lowest BCUT2D eigenvalue weighted by molar-refractivity contribution is -0.115. The number of ether oxygens (including phenoxy) is 1. The molecular formula is C14H18N2O2. The summed E-state index contributed by atoms with van der Waals surface area (Å²) in [4.78, 5) is 11.7. The number of hydrogen-bond donors (Lipinski definition) is 2. The molecule has 0 unspecified atom stereocenters. The van der Waals surface area contributed by atoms with Crippen molar-refractivity contribution >= 4 is 11.6 Å². The summed E-state index contributed by atoms with van der Waals surface area (Å²) in [6.07, 6.45) is 6.29. The maximum atomic E-state index is 11.7. The van der Waals surface area contributed by atoms with Crippen molar-refractivity contribution in [3.63, 3.8) is 0 Å². The number of methoxy groups -OCH3 is 1. The van der Waals surface area contributed by atoms with Crippen LogP contribution < -0.4 is 15.4 Å². The average molecular weight is 246 g/mol. The van der Waals surface area contributed by atoms with Crippen molar-refractivity contribution in [2.75, 3.05) is 19.0 Å². The van der Waals surface area contributed by atoms with Gasteiger partial charge in [-0.2, -0.15) is 0 Å². The number of rotatable bonds is 5. The van der Waals surface area contributed by atoms with E-state index in [0.29, 0.717) is 12.6 Å². The van der Waals surface area contributed by atoms with Crippen molar-refractivity contribution in [1.29, 1.82) is 0 Å². The first-order chi connectivity index (χ1) is 8.78. The van der Waals surface area contributed by atoms with Crippen LogP contribution in [0.15, 0.2) is 36.4 Å². The molecule has 96 valence electrons. The van der Waals surface area contributed by atoms with Crippen molar-refractivity contribution in [2.24, 2.45) is 0 Å². The lowest BCUT2D eigenvalue weighted by atomic mass is 10.2. The molecule has 0 saturated carbocycles. The van der Waals surface area contributed by atoms with Crippen molar-refractivity contribution in [1.82, 2.24) is 5.32 Å². The zero-order valence-electron chi connectivity index (χ0n) is 10.5. The summed E-state index contributed by atoms with van der Waals surface area (Å²) in [5.41, 5.74) is 0.755. The van der Waals surface area contributed by atoms with Crippen LogP contribution in [-0.4, -0.2) is 25.6 Å². The Labute approximate surface area is 107 Å². The van der Waals surface area contributed by atoms with Crippen LogP contribution in [0, 0.1) is 0 Å². The second-order valence-electron chi connectivity index (χ2n) is 4.30. The normalized spacial score (nSPS) is 14.7. The maximum absolute atomic E-state index is 11.7. The summed E-state index contributed by atoms with van der Waals surface area (Å²) in [6, 6.07) is 7.74. The van der Waals surface area contributed by atoms with E-state index in [1.807, 2.05) is 18.2 Å². The summed E-state index contributed by atoms with van der Waals surface area (Å²) in [6.45, 7) is 0.337. The molecule has 0 aliphatic heterocycles. The lowest BCUT2D eigenvalue weighted by Gasteiger charge is -2.12. The molecule has 4 heteroatoms. The summed E-state index contributed by atoms with van der Waals surface area (Å²) in [5, 5.41) is 6.06. The Morgan fingerprint density at radius 2 is 2.17 bits per heavy atom. The van der Waals surface area contributed by atoms with Crippen molar-refractivity contribution in [3.8, 4) is 5.75 Å². The molecule has 0 spiro atoms. The number of hydrogen-bond acceptors (Lipinski definition) is 3. The van der Waals surface area contributed by atoms with Crippen molar-refractivity contribution in [3.05, 3.63) is 36.4 Å². The van der Waals surface area contributed by atoms with Gasteiger partial charge in [-0.1, -0.05) is 18.2 Å². The minimum absolute atomic E-state index is 0.0323. The van der Waals surface area contributed by atoms with Crippen molar-refractivity contribution < 1.29 is 9.53 Å². The molecule has 1 aliphatic carbocycles. The Balaban J connectivity index is 1.79. The molecule has 2 N–H and O–H groups in total. The molecule has 0 heterocycles. The Bertz CT molecular complexity index is 435. The van der Waals surface area contributed by atoms with E-state index in [9.17, 15) is 4.79 Å². The van der Waals surface area contributed by atoms with Crippen LogP contribution in [0.4, 0.5) is 5.69 Å². The molecule has 0 bridgehead atoms. The highest BCUT2D eigenvalue weighted by Gasteiger charge is 2.11. The van der Waals surface area contributed by atoms with Crippen LogP contribution in [0.2, 0.25) is 0 Å². The summed E-state index contributed by atoms with van der Waals surface area (Å²) in [7, 11) is 1.61. The SMILES string of the molecule is COc1cccc(NC(=O)CNC2CC=CC2)c1. The van der Waals surface area contributed by atoms with E-state index in [-0.39, 0.29) is 5.91 Å². The van der Waals surface area contributed by atoms with E-state index in [1.54, 1.807) is 13.2 Å². The molecule has 4 nitrogen and oxygen atoms in total. The molecule has 0 fully saturated rings. The summed E-state index contributed by atoms with van der Waals surface area (Å²) < 4.78 is 5.10. The van der Waals surface area contributed by atoms with E-state index in [4.69, 9.17) is 4.74 Å². The van der Waals surface area contributed by atoms with Gasteiger partial charge in [0.1, 0.15) is 5.75 Å². The third-order valence-corrected chi connectivity index (χ3v) is 2.91. The molecule has 18 heavy (non-hydrogen) atoms. The molecule has 0 aromatic heterocycles. The van der Waals surface area contributed by atoms with Crippen LogP contribution >= 0.6 is 0 Å². The number of amides is 1. The van der Waals surface area contributed by atoms with Gasteiger partial charge in [-0.3, -0.25) is 4.79 Å². The van der Waals surface area contributed by atoms with Gasteiger partial charge in [-0.25, -0.2) is 0 Å². The van der Waals surface area contributed by atoms with Gasteiger partial charge in [0.05, 0.1) is 13.7 Å². The first-order valence-corrected chi connectivity index (χ1v) is 6.10. The largest absolute Gasteiger partial charge is 0.497 e. The quantitative estimate of drug-likeness (QED) is 0.781. The van der Waals surface area contributed by atoms with Gasteiger partial charge in [-0.15, -0.1) is 0 Å². The third kappa shape index (κ3) is 3.60. The van der Waals surface area contributed by atoms with Crippen LogP contribution in [-0.2, 0) is 4.79 Å². The molecule has 0 atom stereocenters. The highest BCUT2D eigenvalue weighted by atomic mass is 16.5. The zero-order chi connectivity index (χ0) is 12.8. The van der Waals surface area contributed by atoms with Crippen LogP contribution in [0.3, 0.4) is 0 Å². The average Bonchev–Trinajstić information content (AvgIpc) is 2.90. The highest BCUT2D eigenvalue weighted by Crippen LogP contribution is 2.16. The Hall–Kier alpha value is -1.81. The molecule has 1 aromatic carbocycles. The summed E-state index contributed by atoms with van der Waals surface area (Å²) in [5.74, 6) is 0.705. The summed E-state index contributed by atoms with van der Waals surface area (Å²) >= 11 is 0. The lowest BCUT2D eigenvalue weighted by Crippen LogP contribution is -2.34. The van der Waals surface area contributed by atoms with Crippen LogP contribution in [0.1, 0.15) is 12.8 Å². The predicted molar refractivity (Wildman–Crippen MR) is 71.8 cm³/mol. The predicted octanol–water partition coefficient (Wildman–Crippen LogP) is 1.94.